The van der Waals surface area contributed by atoms with E-state index in [0.717, 1.165) is 77.0 Å². The molecule has 0 aromatic rings. The fourth-order valence-electron chi connectivity index (χ4n) is 5.83. The highest BCUT2D eigenvalue weighted by Gasteiger charge is 2.13. The van der Waals surface area contributed by atoms with Gasteiger partial charge in [-0.1, -0.05) is 182 Å². The van der Waals surface area contributed by atoms with Crippen LogP contribution in [0, 0.1) is 0 Å². The second-order valence-corrected chi connectivity index (χ2v) is 14.4. The third-order valence-corrected chi connectivity index (χ3v) is 9.14. The first kappa shape index (κ1) is 51.3. The van der Waals surface area contributed by atoms with Crippen LogP contribution in [0.3, 0.4) is 0 Å². The predicted octanol–water partition coefficient (Wildman–Crippen LogP) is 14.9. The molecule has 0 aromatic heterocycles. The lowest BCUT2D eigenvalue weighted by molar-refractivity contribution is -0.154. The number of aliphatic hydroxyl groups is 1. The van der Waals surface area contributed by atoms with Crippen LogP contribution in [0.15, 0.2) is 97.2 Å². The Labute approximate surface area is 334 Å². The Hall–Kier alpha value is -2.69. The van der Waals surface area contributed by atoms with Gasteiger partial charge in [-0.05, 0) is 96.3 Å². The molecular weight excluding hydrogens is 665 g/mol. The van der Waals surface area contributed by atoms with E-state index in [1.807, 2.05) is 0 Å². The molecule has 0 heterocycles. The standard InChI is InChI=1S/C50H84O4/c1-3-5-7-9-11-13-15-17-19-21-23-24-25-26-27-28-30-32-34-36-38-40-42-44-46-53-48-49(47-51)54-50(52)45-43-41-39-37-35-33-31-29-22-20-18-16-14-12-10-8-6-4-2/h5,7,11,13,17,19-20,22-24,26-27,30,32,36,38,49,51H,3-4,6,8-10,12,14-16,18,21,25,28-29,31,33-35,37,39-48H2,1-2H3/b7-5-,13-11-,19-17-,22-20-,24-23-,27-26-,32-30-,38-36-. The summed E-state index contributed by atoms with van der Waals surface area (Å²) in [6.45, 7) is 5.11. The van der Waals surface area contributed by atoms with Crippen molar-refractivity contribution >= 4 is 5.97 Å². The Morgan fingerprint density at radius 1 is 0.463 bits per heavy atom. The van der Waals surface area contributed by atoms with Crippen molar-refractivity contribution < 1.29 is 19.4 Å². The second-order valence-electron chi connectivity index (χ2n) is 14.4. The molecule has 1 atom stereocenters. The molecule has 0 radical (unpaired) electrons. The zero-order chi connectivity index (χ0) is 39.1. The number of ether oxygens (including phenoxy) is 2. The van der Waals surface area contributed by atoms with Crippen LogP contribution >= 0.6 is 0 Å². The molecule has 0 aliphatic carbocycles. The average Bonchev–Trinajstić information content (AvgIpc) is 3.18. The van der Waals surface area contributed by atoms with Crippen LogP contribution in [-0.4, -0.2) is 37.0 Å². The summed E-state index contributed by atoms with van der Waals surface area (Å²) in [6, 6.07) is 0. The number of esters is 1. The maximum absolute atomic E-state index is 12.2. The van der Waals surface area contributed by atoms with E-state index >= 15 is 0 Å². The minimum Gasteiger partial charge on any atom is -0.457 e. The highest BCUT2D eigenvalue weighted by molar-refractivity contribution is 5.69. The Morgan fingerprint density at radius 2 is 0.833 bits per heavy atom. The van der Waals surface area contributed by atoms with Crippen LogP contribution in [0.4, 0.5) is 0 Å². The van der Waals surface area contributed by atoms with Crippen molar-refractivity contribution in [2.45, 2.75) is 193 Å². The van der Waals surface area contributed by atoms with E-state index in [4.69, 9.17) is 9.47 Å². The summed E-state index contributed by atoms with van der Waals surface area (Å²) in [4.78, 5) is 12.2. The lowest BCUT2D eigenvalue weighted by Crippen LogP contribution is -2.27. The second kappa shape index (κ2) is 46.5. The summed E-state index contributed by atoms with van der Waals surface area (Å²) < 4.78 is 11.1. The fraction of sp³-hybridized carbons (Fsp3) is 0.660. The van der Waals surface area contributed by atoms with E-state index < -0.39 is 6.10 Å². The van der Waals surface area contributed by atoms with Crippen LogP contribution in [0.5, 0.6) is 0 Å². The number of carbonyl (C=O) groups is 1. The van der Waals surface area contributed by atoms with Crippen molar-refractivity contribution in [1.29, 1.82) is 0 Å². The molecule has 0 fully saturated rings. The van der Waals surface area contributed by atoms with E-state index in [2.05, 4.69) is 111 Å². The minimum absolute atomic E-state index is 0.197. The third-order valence-electron chi connectivity index (χ3n) is 9.14. The lowest BCUT2D eigenvalue weighted by Gasteiger charge is -2.15. The van der Waals surface area contributed by atoms with Gasteiger partial charge in [0.2, 0.25) is 0 Å². The molecule has 0 saturated carbocycles. The maximum Gasteiger partial charge on any atom is 0.306 e. The molecule has 0 saturated heterocycles. The Bertz CT molecular complexity index is 1010. The van der Waals surface area contributed by atoms with Gasteiger partial charge >= 0.3 is 5.97 Å². The molecule has 54 heavy (non-hydrogen) atoms. The molecule has 0 spiro atoms. The van der Waals surface area contributed by atoms with Gasteiger partial charge in [-0.2, -0.15) is 0 Å². The van der Waals surface area contributed by atoms with Crippen molar-refractivity contribution in [2.24, 2.45) is 0 Å². The van der Waals surface area contributed by atoms with Gasteiger partial charge in [0.1, 0.15) is 6.10 Å². The van der Waals surface area contributed by atoms with Crippen molar-refractivity contribution in [3.8, 4) is 0 Å². The molecule has 0 rings (SSSR count). The summed E-state index contributed by atoms with van der Waals surface area (Å²) in [6.07, 6.45) is 66.2. The number of hydrogen-bond acceptors (Lipinski definition) is 4. The number of unbranched alkanes of at least 4 members (excludes halogenated alkanes) is 16. The Morgan fingerprint density at radius 3 is 1.28 bits per heavy atom. The van der Waals surface area contributed by atoms with E-state index in [1.165, 1.54) is 89.9 Å². The van der Waals surface area contributed by atoms with Crippen LogP contribution < -0.4 is 0 Å². The fourth-order valence-corrected chi connectivity index (χ4v) is 5.83. The van der Waals surface area contributed by atoms with Crippen molar-refractivity contribution in [3.63, 3.8) is 0 Å². The van der Waals surface area contributed by atoms with Gasteiger partial charge in [0.05, 0.1) is 13.2 Å². The van der Waals surface area contributed by atoms with Gasteiger partial charge in [-0.3, -0.25) is 4.79 Å². The first-order chi connectivity index (χ1) is 26.7. The normalized spacial score (nSPS) is 13.3. The van der Waals surface area contributed by atoms with Crippen LogP contribution in [0.2, 0.25) is 0 Å². The highest BCUT2D eigenvalue weighted by atomic mass is 16.6. The third kappa shape index (κ3) is 43.7. The van der Waals surface area contributed by atoms with Gasteiger partial charge in [-0.25, -0.2) is 0 Å². The highest BCUT2D eigenvalue weighted by Crippen LogP contribution is 2.12. The lowest BCUT2D eigenvalue weighted by atomic mass is 10.1. The van der Waals surface area contributed by atoms with Crippen molar-refractivity contribution in [2.75, 3.05) is 19.8 Å². The first-order valence-electron chi connectivity index (χ1n) is 22.3. The van der Waals surface area contributed by atoms with E-state index in [9.17, 15) is 9.90 Å². The van der Waals surface area contributed by atoms with Gasteiger partial charge < -0.3 is 14.6 Å². The predicted molar refractivity (Wildman–Crippen MR) is 237 cm³/mol. The molecule has 0 bridgehead atoms. The van der Waals surface area contributed by atoms with Crippen molar-refractivity contribution in [1.82, 2.24) is 0 Å². The summed E-state index contributed by atoms with van der Waals surface area (Å²) in [5, 5.41) is 9.61. The summed E-state index contributed by atoms with van der Waals surface area (Å²) in [7, 11) is 0. The van der Waals surface area contributed by atoms with Crippen LogP contribution in [0.1, 0.15) is 187 Å². The SMILES string of the molecule is CC/C=C\C/C=C\C/C=C\C/C=C\C/C=C\C/C=C\C/C=C\CCCCOCC(CO)OC(=O)CCCCCCCCC/C=C\CCCCCCCCC. The molecular formula is C50H84O4. The molecule has 4 heteroatoms. The molecule has 0 aromatic carbocycles. The largest absolute Gasteiger partial charge is 0.457 e. The molecule has 308 valence electrons. The molecule has 0 amide bonds. The number of aliphatic hydroxyl groups excluding tert-OH is 1. The van der Waals surface area contributed by atoms with Crippen LogP contribution in [0.25, 0.3) is 0 Å². The Balaban J connectivity index is 3.58. The van der Waals surface area contributed by atoms with Gasteiger partial charge in [-0.15, -0.1) is 0 Å². The minimum atomic E-state index is -0.566. The maximum atomic E-state index is 12.2. The van der Waals surface area contributed by atoms with Gasteiger partial charge in [0, 0.05) is 13.0 Å². The average molecular weight is 749 g/mol. The molecule has 0 aliphatic heterocycles. The van der Waals surface area contributed by atoms with E-state index in [0.29, 0.717) is 13.0 Å². The number of hydrogen-bond donors (Lipinski definition) is 1. The number of carbonyl (C=O) groups excluding carboxylic acids is 1. The quantitative estimate of drug-likeness (QED) is 0.0385. The summed E-state index contributed by atoms with van der Waals surface area (Å²) in [5.41, 5.74) is 0. The summed E-state index contributed by atoms with van der Waals surface area (Å²) in [5.74, 6) is -0.224. The number of rotatable bonds is 40. The van der Waals surface area contributed by atoms with Crippen LogP contribution in [-0.2, 0) is 14.3 Å². The zero-order valence-corrected chi connectivity index (χ0v) is 35.2. The topological polar surface area (TPSA) is 55.8 Å². The summed E-state index contributed by atoms with van der Waals surface area (Å²) >= 11 is 0. The first-order valence-corrected chi connectivity index (χ1v) is 22.3. The molecule has 1 unspecified atom stereocenters. The van der Waals surface area contributed by atoms with Gasteiger partial charge in [0.25, 0.3) is 0 Å². The monoisotopic (exact) mass is 749 g/mol. The van der Waals surface area contributed by atoms with Gasteiger partial charge in [0.15, 0.2) is 0 Å². The smallest absolute Gasteiger partial charge is 0.306 e. The molecule has 0 aliphatic rings. The van der Waals surface area contributed by atoms with E-state index in [-0.39, 0.29) is 19.2 Å². The molecule has 4 nitrogen and oxygen atoms in total. The zero-order valence-electron chi connectivity index (χ0n) is 35.2. The van der Waals surface area contributed by atoms with E-state index in [1.54, 1.807) is 0 Å². The number of allylic oxidation sites excluding steroid dienone is 16. The van der Waals surface area contributed by atoms with Crippen molar-refractivity contribution in [3.05, 3.63) is 97.2 Å². The molecule has 1 N–H and O–H groups in total. The Kier molecular flexibility index (Phi) is 44.1.